The molecule has 1 amide bonds. The standard InChI is InChI=1S/C13H12N2O3/c1-9-11(6-7-18-9)13(17)15-14-8-10-4-2-3-5-12(10)16/h2-8,16H,1H3,(H,15,17)/b14-8-. The Labute approximate surface area is 104 Å². The third kappa shape index (κ3) is 2.57. The van der Waals surface area contributed by atoms with Gasteiger partial charge in [-0.15, -0.1) is 0 Å². The van der Waals surface area contributed by atoms with Crippen LogP contribution in [0, 0.1) is 6.92 Å². The van der Waals surface area contributed by atoms with Crippen LogP contribution >= 0.6 is 0 Å². The molecule has 18 heavy (non-hydrogen) atoms. The molecule has 0 aliphatic carbocycles. The first-order valence-electron chi connectivity index (χ1n) is 5.34. The molecule has 0 saturated carbocycles. The fourth-order valence-electron chi connectivity index (χ4n) is 1.44. The second kappa shape index (κ2) is 5.18. The van der Waals surface area contributed by atoms with Crippen molar-refractivity contribution in [3.05, 3.63) is 53.5 Å². The summed E-state index contributed by atoms with van der Waals surface area (Å²) < 4.78 is 5.02. The Balaban J connectivity index is 2.03. The highest BCUT2D eigenvalue weighted by molar-refractivity contribution is 5.95. The van der Waals surface area contributed by atoms with Crippen molar-refractivity contribution < 1.29 is 14.3 Å². The number of rotatable bonds is 3. The molecule has 0 saturated heterocycles. The van der Waals surface area contributed by atoms with E-state index in [1.165, 1.54) is 12.5 Å². The molecule has 5 heteroatoms. The van der Waals surface area contributed by atoms with Gasteiger partial charge >= 0.3 is 0 Å². The van der Waals surface area contributed by atoms with Crippen LogP contribution in [0.1, 0.15) is 21.7 Å². The average Bonchev–Trinajstić information content (AvgIpc) is 2.78. The molecule has 0 unspecified atom stereocenters. The normalized spacial score (nSPS) is 10.7. The van der Waals surface area contributed by atoms with Crippen LogP contribution in [0.25, 0.3) is 0 Å². The lowest BCUT2D eigenvalue weighted by Gasteiger charge is -1.98. The van der Waals surface area contributed by atoms with Crippen LogP contribution in [-0.4, -0.2) is 17.2 Å². The van der Waals surface area contributed by atoms with E-state index in [0.29, 0.717) is 16.9 Å². The van der Waals surface area contributed by atoms with Crippen LogP contribution in [0.4, 0.5) is 0 Å². The molecule has 2 aromatic rings. The molecule has 1 heterocycles. The number of aryl methyl sites for hydroxylation is 1. The van der Waals surface area contributed by atoms with Crippen molar-refractivity contribution in [1.29, 1.82) is 0 Å². The predicted octanol–water partition coefficient (Wildman–Crippen LogP) is 2.06. The largest absolute Gasteiger partial charge is 0.507 e. The molecule has 92 valence electrons. The summed E-state index contributed by atoms with van der Waals surface area (Å²) >= 11 is 0. The van der Waals surface area contributed by atoms with E-state index in [2.05, 4.69) is 10.5 Å². The van der Waals surface area contributed by atoms with E-state index in [1.54, 1.807) is 37.3 Å². The number of benzene rings is 1. The fourth-order valence-corrected chi connectivity index (χ4v) is 1.44. The number of hydrogen-bond acceptors (Lipinski definition) is 4. The molecule has 2 rings (SSSR count). The highest BCUT2D eigenvalue weighted by Crippen LogP contribution is 2.12. The smallest absolute Gasteiger partial charge is 0.274 e. The number of amides is 1. The minimum atomic E-state index is -0.354. The number of nitrogens with zero attached hydrogens (tertiary/aromatic N) is 1. The molecule has 0 fully saturated rings. The Morgan fingerprint density at radius 1 is 1.39 bits per heavy atom. The quantitative estimate of drug-likeness (QED) is 0.641. The van der Waals surface area contributed by atoms with E-state index >= 15 is 0 Å². The van der Waals surface area contributed by atoms with Crippen molar-refractivity contribution in [1.82, 2.24) is 5.43 Å². The van der Waals surface area contributed by atoms with E-state index in [9.17, 15) is 9.90 Å². The second-order valence-electron chi connectivity index (χ2n) is 3.65. The molecule has 2 N–H and O–H groups in total. The van der Waals surface area contributed by atoms with Crippen molar-refractivity contribution >= 4 is 12.1 Å². The number of carbonyl (C=O) groups excluding carboxylic acids is 1. The summed E-state index contributed by atoms with van der Waals surface area (Å²) in [7, 11) is 0. The van der Waals surface area contributed by atoms with Gasteiger partial charge in [0.05, 0.1) is 18.0 Å². The van der Waals surface area contributed by atoms with Gasteiger partial charge in [0.1, 0.15) is 11.5 Å². The highest BCUT2D eigenvalue weighted by atomic mass is 16.3. The molecular formula is C13H12N2O3. The third-order valence-electron chi connectivity index (χ3n) is 2.41. The van der Waals surface area contributed by atoms with E-state index in [0.717, 1.165) is 0 Å². The number of para-hydroxylation sites is 1. The van der Waals surface area contributed by atoms with Gasteiger partial charge in [0.15, 0.2) is 0 Å². The first kappa shape index (κ1) is 11.9. The van der Waals surface area contributed by atoms with Crippen LogP contribution < -0.4 is 5.43 Å². The minimum absolute atomic E-state index is 0.106. The van der Waals surface area contributed by atoms with Crippen LogP contribution in [0.3, 0.4) is 0 Å². The lowest BCUT2D eigenvalue weighted by atomic mass is 10.2. The number of hydrogen-bond donors (Lipinski definition) is 2. The summed E-state index contributed by atoms with van der Waals surface area (Å²) in [6.07, 6.45) is 2.82. The number of aromatic hydroxyl groups is 1. The van der Waals surface area contributed by atoms with Crippen molar-refractivity contribution in [3.8, 4) is 5.75 Å². The molecule has 0 radical (unpaired) electrons. The number of furan rings is 1. The number of carbonyl (C=O) groups is 1. The van der Waals surface area contributed by atoms with Gasteiger partial charge in [-0.2, -0.15) is 5.10 Å². The molecular weight excluding hydrogens is 232 g/mol. The van der Waals surface area contributed by atoms with Crippen molar-refractivity contribution in [3.63, 3.8) is 0 Å². The summed E-state index contributed by atoms with van der Waals surface area (Å²) in [5.41, 5.74) is 3.33. The van der Waals surface area contributed by atoms with Gasteiger partial charge < -0.3 is 9.52 Å². The molecule has 1 aromatic heterocycles. The Bertz CT molecular complexity index is 587. The van der Waals surface area contributed by atoms with Crippen LogP contribution in [0.15, 0.2) is 46.1 Å². The Morgan fingerprint density at radius 3 is 2.83 bits per heavy atom. The van der Waals surface area contributed by atoms with Crippen LogP contribution in [0.5, 0.6) is 5.75 Å². The highest BCUT2D eigenvalue weighted by Gasteiger charge is 2.09. The summed E-state index contributed by atoms with van der Waals surface area (Å²) in [4.78, 5) is 11.7. The zero-order valence-electron chi connectivity index (χ0n) is 9.75. The monoisotopic (exact) mass is 244 g/mol. The summed E-state index contributed by atoms with van der Waals surface area (Å²) in [5.74, 6) is 0.285. The van der Waals surface area contributed by atoms with Gasteiger partial charge in [0.25, 0.3) is 5.91 Å². The van der Waals surface area contributed by atoms with Gasteiger partial charge in [0.2, 0.25) is 0 Å². The molecule has 5 nitrogen and oxygen atoms in total. The van der Waals surface area contributed by atoms with Crippen molar-refractivity contribution in [2.45, 2.75) is 6.92 Å². The van der Waals surface area contributed by atoms with Gasteiger partial charge in [-0.1, -0.05) is 12.1 Å². The van der Waals surface area contributed by atoms with E-state index in [1.807, 2.05) is 0 Å². The number of phenolic OH excluding ortho intramolecular Hbond substituents is 1. The average molecular weight is 244 g/mol. The zero-order valence-corrected chi connectivity index (χ0v) is 9.75. The minimum Gasteiger partial charge on any atom is -0.507 e. The second-order valence-corrected chi connectivity index (χ2v) is 3.65. The van der Waals surface area contributed by atoms with Gasteiger partial charge in [-0.05, 0) is 25.1 Å². The van der Waals surface area contributed by atoms with E-state index < -0.39 is 0 Å². The summed E-state index contributed by atoms with van der Waals surface area (Å²) in [6, 6.07) is 8.28. The number of hydrazone groups is 1. The van der Waals surface area contributed by atoms with E-state index in [-0.39, 0.29) is 11.7 Å². The SMILES string of the molecule is Cc1occc1C(=O)N/N=C\c1ccccc1O. The maximum Gasteiger partial charge on any atom is 0.274 e. The Hall–Kier alpha value is -2.56. The number of nitrogens with one attached hydrogen (secondary N) is 1. The van der Waals surface area contributed by atoms with E-state index in [4.69, 9.17) is 4.42 Å². The molecule has 1 aromatic carbocycles. The summed E-state index contributed by atoms with van der Waals surface area (Å²) in [6.45, 7) is 1.70. The lowest BCUT2D eigenvalue weighted by molar-refractivity contribution is 0.0953. The van der Waals surface area contributed by atoms with Gasteiger partial charge in [0, 0.05) is 5.56 Å². The van der Waals surface area contributed by atoms with Crippen molar-refractivity contribution in [2.24, 2.45) is 5.10 Å². The Morgan fingerprint density at radius 2 is 2.17 bits per heavy atom. The lowest BCUT2D eigenvalue weighted by Crippen LogP contribution is -2.17. The Kier molecular flexibility index (Phi) is 3.43. The fraction of sp³-hybridized carbons (Fsp3) is 0.0769. The van der Waals surface area contributed by atoms with Gasteiger partial charge in [-0.25, -0.2) is 5.43 Å². The first-order valence-corrected chi connectivity index (χ1v) is 5.34. The van der Waals surface area contributed by atoms with Crippen LogP contribution in [-0.2, 0) is 0 Å². The number of phenols is 1. The maximum absolute atomic E-state index is 11.7. The topological polar surface area (TPSA) is 74.8 Å². The third-order valence-corrected chi connectivity index (χ3v) is 2.41. The van der Waals surface area contributed by atoms with Crippen molar-refractivity contribution in [2.75, 3.05) is 0 Å². The first-order chi connectivity index (χ1) is 8.68. The molecule has 0 aliphatic rings. The zero-order chi connectivity index (χ0) is 13.0. The van der Waals surface area contributed by atoms with Crippen LogP contribution in [0.2, 0.25) is 0 Å². The molecule has 0 atom stereocenters. The predicted molar refractivity (Wildman–Crippen MR) is 66.6 cm³/mol. The summed E-state index contributed by atoms with van der Waals surface area (Å²) in [5, 5.41) is 13.3. The van der Waals surface area contributed by atoms with Gasteiger partial charge in [-0.3, -0.25) is 4.79 Å². The molecule has 0 bridgehead atoms. The molecule has 0 aliphatic heterocycles. The maximum atomic E-state index is 11.7. The molecule has 0 spiro atoms.